The first kappa shape index (κ1) is 26.1. The number of ether oxygens (including phenoxy) is 2. The van der Waals surface area contributed by atoms with Crippen molar-refractivity contribution in [3.05, 3.63) is 72.1 Å². The second kappa shape index (κ2) is 11.5. The molecule has 5 rings (SSSR count). The van der Waals surface area contributed by atoms with Crippen LogP contribution in [0.1, 0.15) is 35.7 Å². The van der Waals surface area contributed by atoms with Gasteiger partial charge in [-0.3, -0.25) is 14.7 Å². The number of carbonyl (C=O) groups is 1. The molecule has 0 radical (unpaired) electrons. The summed E-state index contributed by atoms with van der Waals surface area (Å²) in [6, 6.07) is 13.4. The maximum absolute atomic E-state index is 12.1. The van der Waals surface area contributed by atoms with Gasteiger partial charge in [0.1, 0.15) is 17.3 Å². The summed E-state index contributed by atoms with van der Waals surface area (Å²) < 4.78 is 11.0. The molecule has 1 aliphatic heterocycles. The zero-order valence-corrected chi connectivity index (χ0v) is 22.5. The first-order chi connectivity index (χ1) is 19.0. The maximum atomic E-state index is 12.1. The van der Waals surface area contributed by atoms with Crippen LogP contribution in [0.2, 0.25) is 0 Å². The molecule has 0 bridgehead atoms. The molecule has 39 heavy (non-hydrogen) atoms. The summed E-state index contributed by atoms with van der Waals surface area (Å²) in [5.74, 6) is 1.55. The molecule has 202 valence electrons. The summed E-state index contributed by atoms with van der Waals surface area (Å²) in [6.07, 6.45) is 8.02. The van der Waals surface area contributed by atoms with Crippen LogP contribution < -0.4 is 25.8 Å². The van der Waals surface area contributed by atoms with Crippen LogP contribution >= 0.6 is 0 Å². The lowest BCUT2D eigenvalue weighted by Crippen LogP contribution is -2.30. The van der Waals surface area contributed by atoms with E-state index in [1.807, 2.05) is 12.1 Å². The number of nitrogens with two attached hydrogens (primary N) is 1. The molecule has 1 amide bonds. The molecule has 0 atom stereocenters. The molecule has 0 saturated heterocycles. The van der Waals surface area contributed by atoms with Crippen molar-refractivity contribution in [2.75, 3.05) is 44.5 Å². The van der Waals surface area contributed by atoms with Gasteiger partial charge in [-0.1, -0.05) is 19.1 Å². The largest absolute Gasteiger partial charge is 0.497 e. The zero-order valence-electron chi connectivity index (χ0n) is 22.5. The van der Waals surface area contributed by atoms with Gasteiger partial charge in [0.25, 0.3) is 5.91 Å². The number of rotatable bonds is 10. The maximum Gasteiger partial charge on any atom is 0.250 e. The lowest BCUT2D eigenvalue weighted by molar-refractivity contribution is 0.100. The number of methoxy groups -OCH3 is 2. The number of carbonyl (C=O) groups excluding carboxylic acids is 1. The summed E-state index contributed by atoms with van der Waals surface area (Å²) in [5.41, 5.74) is 11.4. The summed E-state index contributed by atoms with van der Waals surface area (Å²) in [6.45, 7) is 5.41. The lowest BCUT2D eigenvalue weighted by atomic mass is 10.00. The number of benzene rings is 2. The van der Waals surface area contributed by atoms with Crippen LogP contribution in [0.15, 0.2) is 60.9 Å². The minimum atomic E-state index is -0.550. The van der Waals surface area contributed by atoms with E-state index in [-0.39, 0.29) is 0 Å². The zero-order chi connectivity index (χ0) is 27.4. The van der Waals surface area contributed by atoms with E-state index >= 15 is 0 Å². The van der Waals surface area contributed by atoms with E-state index in [1.165, 1.54) is 11.1 Å². The number of aromatic nitrogens is 2. The van der Waals surface area contributed by atoms with E-state index in [1.54, 1.807) is 44.8 Å². The van der Waals surface area contributed by atoms with Crippen molar-refractivity contribution in [2.24, 2.45) is 5.73 Å². The van der Waals surface area contributed by atoms with Crippen molar-refractivity contribution in [2.45, 2.75) is 19.8 Å². The molecule has 9 nitrogen and oxygen atoms in total. The molecular weight excluding hydrogens is 492 g/mol. The van der Waals surface area contributed by atoms with Gasteiger partial charge in [0, 0.05) is 18.5 Å². The highest BCUT2D eigenvalue weighted by atomic mass is 16.5. The summed E-state index contributed by atoms with van der Waals surface area (Å²) in [7, 11) is 3.23. The van der Waals surface area contributed by atoms with E-state index in [9.17, 15) is 4.79 Å². The minimum absolute atomic E-state index is 0.330. The van der Waals surface area contributed by atoms with E-state index in [2.05, 4.69) is 50.6 Å². The predicted octanol–water partition coefficient (Wildman–Crippen LogP) is 5.67. The highest BCUT2D eigenvalue weighted by Crippen LogP contribution is 2.35. The number of nitrogens with zero attached hydrogens (tertiary/aromatic N) is 2. The van der Waals surface area contributed by atoms with Crippen LogP contribution in [0.5, 0.6) is 11.5 Å². The number of amides is 1. The number of hydrogen-bond donors (Lipinski definition) is 4. The van der Waals surface area contributed by atoms with Gasteiger partial charge < -0.3 is 30.8 Å². The third-order valence-electron chi connectivity index (χ3n) is 6.92. The van der Waals surface area contributed by atoms with Crippen molar-refractivity contribution >= 4 is 45.3 Å². The Morgan fingerprint density at radius 2 is 1.90 bits per heavy atom. The fourth-order valence-corrected chi connectivity index (χ4v) is 4.99. The quantitative estimate of drug-likeness (QED) is 0.210. The van der Waals surface area contributed by atoms with Crippen molar-refractivity contribution in [1.82, 2.24) is 14.9 Å². The minimum Gasteiger partial charge on any atom is -0.497 e. The highest BCUT2D eigenvalue weighted by Gasteiger charge is 2.16. The normalized spacial score (nSPS) is 13.7. The Hall–Kier alpha value is -4.50. The van der Waals surface area contributed by atoms with Gasteiger partial charge in [-0.15, -0.1) is 0 Å². The van der Waals surface area contributed by atoms with E-state index < -0.39 is 5.91 Å². The number of H-pyrrole nitrogens is 1. The van der Waals surface area contributed by atoms with Crippen LogP contribution in [0.4, 0.5) is 22.9 Å². The number of hydrogen-bond acceptors (Lipinski definition) is 7. The molecule has 9 heteroatoms. The van der Waals surface area contributed by atoms with Gasteiger partial charge in [-0.25, -0.2) is 0 Å². The first-order valence-corrected chi connectivity index (χ1v) is 13.1. The van der Waals surface area contributed by atoms with Crippen LogP contribution in [-0.4, -0.2) is 54.6 Å². The molecule has 0 aliphatic carbocycles. The number of pyridine rings is 1. The standard InChI is InChI=1S/C30H34N6O3/c1-4-11-36-12-5-6-20(18-36)19-7-9-25(28(13-19)39-3)34-29-15-22-26(16-32-17-27(22)35-29)33-24-10-8-21(38-2)14-23(24)30(31)37/h6-10,13-17,33-35H,4-5,11-12,18H2,1-3H3,(H2,31,37). The van der Waals surface area contributed by atoms with E-state index in [4.69, 9.17) is 15.2 Å². The molecule has 2 aromatic heterocycles. The van der Waals surface area contributed by atoms with Gasteiger partial charge in [0.05, 0.1) is 54.8 Å². The van der Waals surface area contributed by atoms with Gasteiger partial charge in [-0.05, 0) is 66.9 Å². The van der Waals surface area contributed by atoms with E-state index in [0.29, 0.717) is 17.0 Å². The smallest absolute Gasteiger partial charge is 0.250 e. The molecule has 5 N–H and O–H groups in total. The average molecular weight is 527 g/mol. The first-order valence-electron chi connectivity index (χ1n) is 13.1. The van der Waals surface area contributed by atoms with Gasteiger partial charge in [0.15, 0.2) is 0 Å². The lowest BCUT2D eigenvalue weighted by Gasteiger charge is -2.27. The molecular formula is C30H34N6O3. The second-order valence-electron chi connectivity index (χ2n) is 9.57. The molecule has 0 unspecified atom stereocenters. The topological polar surface area (TPSA) is 118 Å². The van der Waals surface area contributed by atoms with E-state index in [0.717, 1.165) is 66.3 Å². The fourth-order valence-electron chi connectivity index (χ4n) is 4.99. The summed E-state index contributed by atoms with van der Waals surface area (Å²) in [5, 5.41) is 7.65. The number of nitrogens with one attached hydrogen (secondary N) is 3. The molecule has 0 saturated carbocycles. The molecule has 1 aliphatic rings. The Kier molecular flexibility index (Phi) is 7.69. The Labute approximate surface area is 228 Å². The highest BCUT2D eigenvalue weighted by molar-refractivity contribution is 6.02. The number of fused-ring (bicyclic) bond motifs is 1. The Bertz CT molecular complexity index is 1530. The molecule has 4 aromatic rings. The molecule has 3 heterocycles. The second-order valence-corrected chi connectivity index (χ2v) is 9.57. The molecule has 2 aromatic carbocycles. The van der Waals surface area contributed by atoms with Gasteiger partial charge in [-0.2, -0.15) is 0 Å². The number of anilines is 4. The average Bonchev–Trinajstić information content (AvgIpc) is 3.37. The predicted molar refractivity (Wildman–Crippen MR) is 156 cm³/mol. The van der Waals surface area contributed by atoms with Crippen molar-refractivity contribution < 1.29 is 14.3 Å². The SMILES string of the molecule is CCCN1CCC=C(c2ccc(Nc3cc4c(Nc5ccc(OC)cc5C(N)=O)cncc4[nH]3)c(OC)c2)C1. The van der Waals surface area contributed by atoms with Crippen molar-refractivity contribution in [1.29, 1.82) is 0 Å². The van der Waals surface area contributed by atoms with Crippen molar-refractivity contribution in [3.63, 3.8) is 0 Å². The molecule has 0 spiro atoms. The monoisotopic (exact) mass is 526 g/mol. The van der Waals surface area contributed by atoms with Crippen LogP contribution in [0.3, 0.4) is 0 Å². The van der Waals surface area contributed by atoms with Crippen LogP contribution in [0.25, 0.3) is 16.5 Å². The van der Waals surface area contributed by atoms with Crippen molar-refractivity contribution in [3.8, 4) is 11.5 Å². The Balaban J connectivity index is 1.40. The third-order valence-corrected chi connectivity index (χ3v) is 6.92. The third kappa shape index (κ3) is 5.68. The molecule has 0 fully saturated rings. The summed E-state index contributed by atoms with van der Waals surface area (Å²) in [4.78, 5) is 22.3. The Morgan fingerprint density at radius 1 is 1.05 bits per heavy atom. The van der Waals surface area contributed by atoms with Gasteiger partial charge in [0.2, 0.25) is 0 Å². The fraction of sp³-hybridized carbons (Fsp3) is 0.267. The Morgan fingerprint density at radius 3 is 2.67 bits per heavy atom. The number of primary amides is 1. The summed E-state index contributed by atoms with van der Waals surface area (Å²) >= 11 is 0. The van der Waals surface area contributed by atoms with Crippen LogP contribution in [-0.2, 0) is 0 Å². The van der Waals surface area contributed by atoms with Gasteiger partial charge >= 0.3 is 0 Å². The van der Waals surface area contributed by atoms with Crippen LogP contribution in [0, 0.1) is 0 Å². The number of aromatic amines is 1.